The minimum Gasteiger partial charge on any atom is -0.506 e. The molecule has 4 aromatic rings. The van der Waals surface area contributed by atoms with Gasteiger partial charge in [0.1, 0.15) is 11.9 Å². The van der Waals surface area contributed by atoms with Gasteiger partial charge in [-0.15, -0.1) is 0 Å². The van der Waals surface area contributed by atoms with Crippen LogP contribution in [0.3, 0.4) is 0 Å². The molecule has 0 radical (unpaired) electrons. The first-order chi connectivity index (χ1) is 25.2. The number of likely N-dealkylation sites (tertiary alicyclic amines) is 1. The molecule has 53 heavy (non-hydrogen) atoms. The number of aliphatic hydroxyl groups is 1. The average molecular weight is 738 g/mol. The minimum atomic E-state index is -5.02. The molecule has 1 aliphatic heterocycles. The molecule has 1 saturated heterocycles. The van der Waals surface area contributed by atoms with Gasteiger partial charge in [0.05, 0.1) is 11.6 Å². The Labute approximate surface area is 303 Å². The molecule has 1 fully saturated rings. The molecular weight excluding hydrogens is 695 g/mol. The number of hydrogen-bond donors (Lipinski definition) is 6. The first-order valence-corrected chi connectivity index (χ1v) is 17.3. The van der Waals surface area contributed by atoms with Crippen molar-refractivity contribution in [3.63, 3.8) is 0 Å². The van der Waals surface area contributed by atoms with Gasteiger partial charge in [-0.25, -0.2) is 4.79 Å². The summed E-state index contributed by atoms with van der Waals surface area (Å²) in [6.45, 7) is 3.63. The smallest absolute Gasteiger partial charge is 0.490 e. The highest BCUT2D eigenvalue weighted by atomic mass is 19.4. The van der Waals surface area contributed by atoms with Crippen LogP contribution in [-0.2, 0) is 27.3 Å². The topological polar surface area (TPSA) is 173 Å². The van der Waals surface area contributed by atoms with Crippen LogP contribution in [0.25, 0.3) is 10.9 Å². The van der Waals surface area contributed by atoms with Crippen molar-refractivity contribution in [3.8, 4) is 5.75 Å². The van der Waals surface area contributed by atoms with Crippen molar-refractivity contribution in [1.82, 2.24) is 20.5 Å². The number of aromatic nitrogens is 1. The number of pyridine rings is 1. The van der Waals surface area contributed by atoms with E-state index < -0.39 is 24.4 Å². The number of rotatable bonds is 14. The Morgan fingerprint density at radius 3 is 2.49 bits per heavy atom. The first-order valence-electron chi connectivity index (χ1n) is 17.3. The molecule has 5 rings (SSSR count). The molecule has 0 saturated carbocycles. The summed E-state index contributed by atoms with van der Waals surface area (Å²) in [6.07, 6.45) is -5.41. The van der Waals surface area contributed by atoms with Crippen molar-refractivity contribution in [2.24, 2.45) is 0 Å². The molecular formula is C38H42F3N5O7. The van der Waals surface area contributed by atoms with Gasteiger partial charge in [-0.3, -0.25) is 14.4 Å². The Kier molecular flexibility index (Phi) is 12.9. The number of carbonyl (C=O) groups excluding carboxylic acids is 3. The van der Waals surface area contributed by atoms with Crippen LogP contribution in [0.15, 0.2) is 77.6 Å². The van der Waals surface area contributed by atoms with E-state index in [2.05, 4.69) is 25.7 Å². The number of carbonyl (C=O) groups is 3. The van der Waals surface area contributed by atoms with E-state index in [9.17, 15) is 42.6 Å². The number of aliphatic hydroxyl groups excluding tert-OH is 1. The predicted molar refractivity (Wildman–Crippen MR) is 191 cm³/mol. The van der Waals surface area contributed by atoms with Gasteiger partial charge in [-0.2, -0.15) is 13.2 Å². The normalized spacial score (nSPS) is 15.1. The molecule has 6 N–H and O–H groups in total. The van der Waals surface area contributed by atoms with Gasteiger partial charge < -0.3 is 40.8 Å². The molecule has 1 unspecified atom stereocenters. The second kappa shape index (κ2) is 17.5. The molecule has 15 heteroatoms. The predicted octanol–water partition coefficient (Wildman–Crippen LogP) is 4.32. The number of aromatic amines is 1. The highest BCUT2D eigenvalue weighted by Gasteiger charge is 2.42. The minimum absolute atomic E-state index is 0.0453. The Morgan fingerprint density at radius 1 is 1.00 bits per heavy atom. The summed E-state index contributed by atoms with van der Waals surface area (Å²) in [5, 5.41) is 30.7. The number of phenols is 1. The lowest BCUT2D eigenvalue weighted by Gasteiger charge is -2.31. The van der Waals surface area contributed by atoms with Crippen LogP contribution in [0.5, 0.6) is 5.75 Å². The van der Waals surface area contributed by atoms with E-state index in [1.807, 2.05) is 30.0 Å². The summed E-state index contributed by atoms with van der Waals surface area (Å²) < 4.78 is 41.8. The lowest BCUT2D eigenvalue weighted by Crippen LogP contribution is -2.41. The van der Waals surface area contributed by atoms with Gasteiger partial charge in [0.15, 0.2) is 0 Å². The lowest BCUT2D eigenvalue weighted by molar-refractivity contribution is -0.206. The number of piperidine rings is 1. The Bertz CT molecular complexity index is 1980. The number of alkyl halides is 3. The second-order valence-electron chi connectivity index (χ2n) is 13.1. The van der Waals surface area contributed by atoms with E-state index >= 15 is 0 Å². The Morgan fingerprint density at radius 2 is 1.74 bits per heavy atom. The van der Waals surface area contributed by atoms with Crippen LogP contribution in [0, 0.1) is 0 Å². The number of amides is 2. The van der Waals surface area contributed by atoms with Crippen LogP contribution in [0.4, 0.5) is 18.9 Å². The van der Waals surface area contributed by atoms with Crippen LogP contribution >= 0.6 is 0 Å². The van der Waals surface area contributed by atoms with Crippen LogP contribution in [0.1, 0.15) is 59.3 Å². The fourth-order valence-electron chi connectivity index (χ4n) is 6.22. The summed E-state index contributed by atoms with van der Waals surface area (Å²) in [4.78, 5) is 52.9. The molecule has 0 spiro atoms. The summed E-state index contributed by atoms with van der Waals surface area (Å²) in [5.74, 6) is -2.80. The maximum Gasteiger partial charge on any atom is 0.490 e. The molecule has 0 aliphatic carbocycles. The van der Waals surface area contributed by atoms with Crippen LogP contribution in [-0.4, -0.2) is 82.4 Å². The second-order valence-corrected chi connectivity index (χ2v) is 13.1. The molecule has 2 atom stereocenters. The van der Waals surface area contributed by atoms with Gasteiger partial charge in [-0.05, 0) is 79.3 Å². The number of phenolic OH excluding ortho intramolecular Hbond substituents is 1. The molecule has 0 bridgehead atoms. The zero-order chi connectivity index (χ0) is 38.1. The van der Waals surface area contributed by atoms with Crippen LogP contribution < -0.4 is 21.5 Å². The highest BCUT2D eigenvalue weighted by molar-refractivity contribution is 6.04. The number of halogens is 3. The van der Waals surface area contributed by atoms with E-state index in [-0.39, 0.29) is 67.0 Å². The number of fused-ring (bicyclic) bond motifs is 1. The maximum atomic E-state index is 13.1. The number of hydrogen-bond acceptors (Lipinski definition) is 9. The molecule has 2 heterocycles. The third-order valence-electron chi connectivity index (χ3n) is 9.03. The zero-order valence-electron chi connectivity index (χ0n) is 29.0. The lowest BCUT2D eigenvalue weighted by atomic mass is 10.0. The van der Waals surface area contributed by atoms with Crippen LogP contribution in [0.2, 0.25) is 0 Å². The van der Waals surface area contributed by atoms with E-state index in [1.165, 1.54) is 12.1 Å². The first kappa shape index (κ1) is 39.0. The van der Waals surface area contributed by atoms with E-state index in [0.717, 1.165) is 11.1 Å². The Balaban J connectivity index is 1.05. The third kappa shape index (κ3) is 11.1. The molecule has 282 valence electrons. The highest BCUT2D eigenvalue weighted by Crippen LogP contribution is 2.29. The number of benzene rings is 3. The van der Waals surface area contributed by atoms with Crippen molar-refractivity contribution in [2.45, 2.75) is 63.6 Å². The number of esters is 1. The number of H-pyrrole nitrogens is 1. The summed E-state index contributed by atoms with van der Waals surface area (Å²) in [7, 11) is 0. The van der Waals surface area contributed by atoms with E-state index in [4.69, 9.17) is 0 Å². The number of anilines is 1. The fourth-order valence-corrected chi connectivity index (χ4v) is 6.22. The number of nitrogens with one attached hydrogen (secondary N) is 4. The van der Waals surface area contributed by atoms with Gasteiger partial charge >= 0.3 is 12.1 Å². The molecule has 3 aromatic carbocycles. The Hall–Kier alpha value is -5.25. The van der Waals surface area contributed by atoms with Crippen molar-refractivity contribution >= 4 is 34.4 Å². The van der Waals surface area contributed by atoms with Crippen molar-refractivity contribution in [2.75, 3.05) is 31.5 Å². The van der Waals surface area contributed by atoms with Gasteiger partial charge in [-0.1, -0.05) is 30.3 Å². The van der Waals surface area contributed by atoms with Gasteiger partial charge in [0, 0.05) is 67.9 Å². The quantitative estimate of drug-likeness (QED) is 0.103. The van der Waals surface area contributed by atoms with Crippen molar-refractivity contribution < 1.29 is 42.5 Å². The zero-order valence-corrected chi connectivity index (χ0v) is 29.0. The molecule has 12 nitrogen and oxygen atoms in total. The SMILES string of the molecule is CC(Cc1cccc(NC(=O)c2cccc(CNC(=O)CCN3CCC(OC(=O)C(F)(F)F)CC3)c2)c1)NC[C@H](O)c1ccc(O)c2[nH]c(=O)ccc12. The van der Waals surface area contributed by atoms with Crippen molar-refractivity contribution in [1.29, 1.82) is 0 Å². The summed E-state index contributed by atoms with van der Waals surface area (Å²) in [5.41, 5.74) is 3.17. The molecule has 1 aliphatic rings. The summed E-state index contributed by atoms with van der Waals surface area (Å²) in [6, 6.07) is 20.2. The van der Waals surface area contributed by atoms with E-state index in [0.29, 0.717) is 48.3 Å². The number of ether oxygens (including phenoxy) is 1. The number of aromatic hydroxyl groups is 1. The van der Waals surface area contributed by atoms with E-state index in [1.54, 1.807) is 42.5 Å². The largest absolute Gasteiger partial charge is 0.506 e. The molecule has 2 amide bonds. The molecule has 1 aromatic heterocycles. The number of nitrogens with zero attached hydrogens (tertiary/aromatic N) is 1. The van der Waals surface area contributed by atoms with Crippen molar-refractivity contribution in [3.05, 3.63) is 105 Å². The summed E-state index contributed by atoms with van der Waals surface area (Å²) >= 11 is 0. The standard InChI is InChI=1S/C38H42F3N5O7/c1-23(42-22-32(48)29-8-10-31(47)35-30(29)9-11-34(50)45-35)18-24-4-3-7-27(20-24)44-36(51)26-6-2-5-25(19-26)21-43-33(49)14-17-46-15-12-28(13-16-46)53-37(52)38(39,40)41/h2-11,19-20,23,28,32,42,47-48H,12-18,21-22H2,1H3,(H,43,49)(H,44,51)(H,45,50)/t23?,32-/m0/s1. The average Bonchev–Trinajstić information content (AvgIpc) is 3.13. The van der Waals surface area contributed by atoms with Gasteiger partial charge in [0.2, 0.25) is 11.5 Å². The monoisotopic (exact) mass is 737 g/mol. The maximum absolute atomic E-state index is 13.1. The fraction of sp³-hybridized carbons (Fsp3) is 0.368. The third-order valence-corrected chi connectivity index (χ3v) is 9.03. The van der Waals surface area contributed by atoms with Gasteiger partial charge in [0.25, 0.3) is 5.91 Å².